The van der Waals surface area contributed by atoms with E-state index >= 15 is 0 Å². The molecule has 0 spiro atoms. The molecule has 1 aromatic heterocycles. The molecule has 2 aliphatic rings. The monoisotopic (exact) mass is 574 g/mol. The van der Waals surface area contributed by atoms with Gasteiger partial charge in [-0.3, -0.25) is 5.32 Å². The number of pyridine rings is 1. The van der Waals surface area contributed by atoms with Crippen LogP contribution in [0.5, 0.6) is 5.88 Å². The molecule has 0 radical (unpaired) electrons. The Balaban J connectivity index is 1.63. The Morgan fingerprint density at radius 2 is 1.86 bits per heavy atom. The van der Waals surface area contributed by atoms with Gasteiger partial charge in [-0.05, 0) is 61.7 Å². The molecule has 0 aliphatic carbocycles. The number of likely N-dealkylation sites (tertiary alicyclic amines) is 1. The first-order valence-electron chi connectivity index (χ1n) is 12.1. The van der Waals surface area contributed by atoms with Crippen molar-refractivity contribution in [3.63, 3.8) is 0 Å². The van der Waals surface area contributed by atoms with Crippen molar-refractivity contribution in [3.05, 3.63) is 35.6 Å². The molecule has 202 valence electrons. The number of anilines is 2. The third-order valence-electron chi connectivity index (χ3n) is 6.31. The number of alkyl halides is 3. The maximum atomic E-state index is 14.8. The first-order valence-corrected chi connectivity index (χ1v) is 13.2. The first-order chi connectivity index (χ1) is 17.6. The molecule has 2 aliphatic heterocycles. The summed E-state index contributed by atoms with van der Waals surface area (Å²) >= 11 is 16.9. The summed E-state index contributed by atoms with van der Waals surface area (Å²) in [5, 5.41) is 2.39. The number of carbonyl (C=O) groups is 1. The lowest BCUT2D eigenvalue weighted by Gasteiger charge is -2.31. The molecule has 4 rings (SSSR count). The van der Waals surface area contributed by atoms with Gasteiger partial charge in [0.2, 0.25) is 9.67 Å². The second-order valence-corrected chi connectivity index (χ2v) is 11.8. The molecule has 2 saturated heterocycles. The Labute approximate surface area is 230 Å². The molecule has 3 heterocycles. The third-order valence-corrected chi connectivity index (χ3v) is 6.63. The van der Waals surface area contributed by atoms with E-state index in [0.29, 0.717) is 43.3 Å². The molecule has 8 nitrogen and oxygen atoms in total. The van der Waals surface area contributed by atoms with E-state index in [1.165, 1.54) is 6.07 Å². The summed E-state index contributed by atoms with van der Waals surface area (Å²) < 4.78 is 29.7. The zero-order valence-electron chi connectivity index (χ0n) is 20.7. The number of nitrogens with one attached hydrogen (secondary N) is 1. The van der Waals surface area contributed by atoms with Crippen molar-refractivity contribution in [2.75, 3.05) is 63.3 Å². The number of hydrogen-bond acceptors (Lipinski definition) is 7. The van der Waals surface area contributed by atoms with Crippen molar-refractivity contribution in [1.82, 2.24) is 9.88 Å². The lowest BCUT2D eigenvalue weighted by Crippen LogP contribution is -2.37. The van der Waals surface area contributed by atoms with Crippen molar-refractivity contribution in [1.29, 1.82) is 0 Å². The highest BCUT2D eigenvalue weighted by atomic mass is 35.6. The summed E-state index contributed by atoms with van der Waals surface area (Å²) in [4.78, 5) is 21.4. The van der Waals surface area contributed by atoms with E-state index in [1.807, 2.05) is 12.1 Å². The van der Waals surface area contributed by atoms with Gasteiger partial charge >= 0.3 is 6.09 Å². The van der Waals surface area contributed by atoms with Crippen LogP contribution in [0.25, 0.3) is 11.1 Å². The maximum Gasteiger partial charge on any atom is 0.411 e. The Hall–Kier alpha value is -2.04. The van der Waals surface area contributed by atoms with Crippen molar-refractivity contribution >= 4 is 52.4 Å². The van der Waals surface area contributed by atoms with E-state index in [0.717, 1.165) is 37.3 Å². The van der Waals surface area contributed by atoms with Crippen LogP contribution in [-0.4, -0.2) is 78.9 Å². The fourth-order valence-corrected chi connectivity index (χ4v) is 4.47. The number of morpholine rings is 1. The number of ether oxygens (including phenoxy) is 3. The molecule has 37 heavy (non-hydrogen) atoms. The largest absolute Gasteiger partial charge is 0.474 e. The molecule has 2 aromatic rings. The lowest BCUT2D eigenvalue weighted by atomic mass is 10.00. The Kier molecular flexibility index (Phi) is 9.24. The number of amides is 1. The van der Waals surface area contributed by atoms with E-state index in [4.69, 9.17) is 54.0 Å². The van der Waals surface area contributed by atoms with Gasteiger partial charge in [0.25, 0.3) is 0 Å². The Bertz CT molecular complexity index is 1100. The number of hydrogen-bond donors (Lipinski definition) is 1. The minimum atomic E-state index is -1.77. The van der Waals surface area contributed by atoms with Gasteiger partial charge in [-0.25, -0.2) is 9.18 Å². The zero-order chi connectivity index (χ0) is 26.6. The Morgan fingerprint density at radius 1 is 1.16 bits per heavy atom. The SMILES string of the molecule is Cc1cc(F)c(NC(=O)OCC(Cl)(Cl)Cl)cc1-c1cc(OC2CCN(C)CC2)nc(N2CCOCC2)c1. The van der Waals surface area contributed by atoms with E-state index < -0.39 is 22.3 Å². The van der Waals surface area contributed by atoms with Crippen molar-refractivity contribution in [2.24, 2.45) is 0 Å². The molecule has 12 heteroatoms. The highest BCUT2D eigenvalue weighted by Crippen LogP contribution is 2.34. The second kappa shape index (κ2) is 12.2. The van der Waals surface area contributed by atoms with E-state index in [9.17, 15) is 9.18 Å². The smallest absolute Gasteiger partial charge is 0.411 e. The van der Waals surface area contributed by atoms with Crippen LogP contribution in [0.2, 0.25) is 0 Å². The molecule has 1 N–H and O–H groups in total. The van der Waals surface area contributed by atoms with Gasteiger partial charge in [-0.15, -0.1) is 0 Å². The highest BCUT2D eigenvalue weighted by molar-refractivity contribution is 6.67. The summed E-state index contributed by atoms with van der Waals surface area (Å²) in [6, 6.07) is 6.71. The average molecular weight is 576 g/mol. The van der Waals surface area contributed by atoms with Crippen LogP contribution in [0.4, 0.5) is 20.7 Å². The van der Waals surface area contributed by atoms with E-state index in [2.05, 4.69) is 22.2 Å². The molecule has 1 aromatic carbocycles. The average Bonchev–Trinajstić information content (AvgIpc) is 2.86. The number of benzene rings is 1. The van der Waals surface area contributed by atoms with E-state index in [-0.39, 0.29) is 11.8 Å². The Morgan fingerprint density at radius 3 is 2.54 bits per heavy atom. The van der Waals surface area contributed by atoms with Crippen LogP contribution in [0.15, 0.2) is 24.3 Å². The quantitative estimate of drug-likeness (QED) is 0.461. The predicted octanol–water partition coefficient (Wildman–Crippen LogP) is 5.42. The van der Waals surface area contributed by atoms with Gasteiger partial charge in [0.1, 0.15) is 24.3 Å². The van der Waals surface area contributed by atoms with Gasteiger partial charge in [0.05, 0.1) is 18.9 Å². The van der Waals surface area contributed by atoms with Crippen LogP contribution in [0.1, 0.15) is 18.4 Å². The number of aryl methyl sites for hydroxylation is 1. The molecule has 1 amide bonds. The summed E-state index contributed by atoms with van der Waals surface area (Å²) in [5.74, 6) is 0.648. The molecule has 0 atom stereocenters. The summed E-state index contributed by atoms with van der Waals surface area (Å²) in [7, 11) is 2.10. The number of piperidine rings is 1. The summed E-state index contributed by atoms with van der Waals surface area (Å²) in [6.07, 6.45) is 0.954. The highest BCUT2D eigenvalue weighted by Gasteiger charge is 2.24. The predicted molar refractivity (Wildman–Crippen MR) is 144 cm³/mol. The fraction of sp³-hybridized carbons (Fsp3) is 0.520. The zero-order valence-corrected chi connectivity index (χ0v) is 23.0. The minimum Gasteiger partial charge on any atom is -0.474 e. The standard InChI is InChI=1S/C25H30Cl3FN4O4/c1-16-11-20(29)21(30-24(34)36-15-25(26,27)28)14-19(16)17-12-22(33-7-9-35-10-8-33)31-23(13-17)37-18-3-5-32(2)6-4-18/h11-14,18H,3-10,15H2,1-2H3,(H,30,34). The van der Waals surface area contributed by atoms with Gasteiger partial charge in [-0.1, -0.05) is 34.8 Å². The fourth-order valence-electron chi connectivity index (χ4n) is 4.31. The number of nitrogens with zero attached hydrogens (tertiary/aromatic N) is 3. The number of halogens is 4. The molecule has 0 saturated carbocycles. The van der Waals surface area contributed by atoms with Crippen LogP contribution in [-0.2, 0) is 9.47 Å². The summed E-state index contributed by atoms with van der Waals surface area (Å²) in [5.41, 5.74) is 2.12. The number of aromatic nitrogens is 1. The number of rotatable bonds is 6. The molecule has 0 bridgehead atoms. The molecule has 2 fully saturated rings. The normalized spacial score (nSPS) is 17.5. The topological polar surface area (TPSA) is 76.2 Å². The van der Waals surface area contributed by atoms with Gasteiger partial charge in [-0.2, -0.15) is 4.98 Å². The van der Waals surface area contributed by atoms with Crippen molar-refractivity contribution < 1.29 is 23.4 Å². The van der Waals surface area contributed by atoms with Crippen molar-refractivity contribution in [2.45, 2.75) is 29.7 Å². The van der Waals surface area contributed by atoms with Crippen LogP contribution >= 0.6 is 34.8 Å². The number of carbonyl (C=O) groups excluding carboxylic acids is 1. The van der Waals surface area contributed by atoms with Gasteiger partial charge in [0, 0.05) is 32.2 Å². The van der Waals surface area contributed by atoms with Crippen LogP contribution in [0, 0.1) is 12.7 Å². The van der Waals surface area contributed by atoms with Crippen LogP contribution in [0.3, 0.4) is 0 Å². The van der Waals surface area contributed by atoms with Gasteiger partial charge < -0.3 is 24.0 Å². The third kappa shape index (κ3) is 7.97. The van der Waals surface area contributed by atoms with Crippen molar-refractivity contribution in [3.8, 4) is 17.0 Å². The molecular weight excluding hydrogens is 546 g/mol. The van der Waals surface area contributed by atoms with E-state index in [1.54, 1.807) is 13.0 Å². The molecule has 0 unspecified atom stereocenters. The van der Waals surface area contributed by atoms with Gasteiger partial charge in [0.15, 0.2) is 0 Å². The lowest BCUT2D eigenvalue weighted by molar-refractivity contribution is 0.109. The maximum absolute atomic E-state index is 14.8. The van der Waals surface area contributed by atoms with Crippen LogP contribution < -0.4 is 15.0 Å². The second-order valence-electron chi connectivity index (χ2n) is 9.24. The summed E-state index contributed by atoms with van der Waals surface area (Å²) in [6.45, 7) is 5.86. The minimum absolute atomic E-state index is 0.0579. The molecular formula is C25H30Cl3FN4O4. The first kappa shape index (κ1) is 28.0.